The Kier molecular flexibility index (Phi) is 3.68. The number of benzene rings is 1. The molecule has 1 aromatic rings. The molecule has 1 amide bonds. The van der Waals surface area contributed by atoms with E-state index in [2.05, 4.69) is 0 Å². The number of methoxy groups -OCH3 is 1. The van der Waals surface area contributed by atoms with Gasteiger partial charge >= 0.3 is 5.97 Å². The minimum absolute atomic E-state index is 0.0749. The zero-order valence-corrected chi connectivity index (χ0v) is 12.9. The lowest BCUT2D eigenvalue weighted by atomic mass is 9.98. The number of carbonyl (C=O) groups excluding carboxylic acids is 2. The summed E-state index contributed by atoms with van der Waals surface area (Å²) < 4.78 is 16.3. The summed E-state index contributed by atoms with van der Waals surface area (Å²) in [6.07, 6.45) is -0.398. The maximum absolute atomic E-state index is 12.2. The summed E-state index contributed by atoms with van der Waals surface area (Å²) in [6, 6.07) is 5.27. The zero-order chi connectivity index (χ0) is 15.9. The van der Waals surface area contributed by atoms with E-state index in [0.29, 0.717) is 24.7 Å². The van der Waals surface area contributed by atoms with Gasteiger partial charge in [0.2, 0.25) is 5.91 Å². The lowest BCUT2D eigenvalue weighted by Crippen LogP contribution is -2.31. The average molecular weight is 305 g/mol. The summed E-state index contributed by atoms with van der Waals surface area (Å²) >= 11 is 0. The van der Waals surface area contributed by atoms with Crippen LogP contribution in [0.15, 0.2) is 18.2 Å². The van der Waals surface area contributed by atoms with E-state index in [1.807, 2.05) is 12.1 Å². The van der Waals surface area contributed by atoms with E-state index < -0.39 is 12.0 Å². The highest BCUT2D eigenvalue weighted by molar-refractivity contribution is 5.80. The van der Waals surface area contributed by atoms with Crippen LogP contribution in [0.2, 0.25) is 0 Å². The van der Waals surface area contributed by atoms with Gasteiger partial charge in [-0.05, 0) is 19.1 Å². The molecule has 0 unspecified atom stereocenters. The van der Waals surface area contributed by atoms with E-state index in [1.165, 1.54) is 6.92 Å². The molecule has 3 rings (SSSR count). The van der Waals surface area contributed by atoms with Crippen molar-refractivity contribution in [2.24, 2.45) is 5.92 Å². The van der Waals surface area contributed by atoms with Gasteiger partial charge in [-0.2, -0.15) is 0 Å². The Bertz CT molecular complexity index is 615. The highest BCUT2D eigenvalue weighted by Gasteiger charge is 2.53. The summed E-state index contributed by atoms with van der Waals surface area (Å²) in [4.78, 5) is 25.8. The van der Waals surface area contributed by atoms with Gasteiger partial charge in [0.1, 0.15) is 23.5 Å². The number of ether oxygens (including phenoxy) is 3. The average Bonchev–Trinajstić information content (AvgIpc) is 3.03. The minimum atomic E-state index is -0.466. The third kappa shape index (κ3) is 2.19. The van der Waals surface area contributed by atoms with Crippen LogP contribution in [-0.2, 0) is 14.3 Å². The lowest BCUT2D eigenvalue weighted by Gasteiger charge is -2.21. The minimum Gasteiger partial charge on any atom is -0.497 e. The molecule has 6 nitrogen and oxygen atoms in total. The summed E-state index contributed by atoms with van der Waals surface area (Å²) in [5, 5.41) is 0. The van der Waals surface area contributed by atoms with Crippen LogP contribution in [0.4, 0.5) is 0 Å². The van der Waals surface area contributed by atoms with Gasteiger partial charge in [0, 0.05) is 25.1 Å². The van der Waals surface area contributed by atoms with Crippen molar-refractivity contribution in [2.45, 2.75) is 26.0 Å². The molecule has 2 heterocycles. The number of fused-ring (bicyclic) bond motifs is 3. The second-order valence-corrected chi connectivity index (χ2v) is 5.46. The van der Waals surface area contributed by atoms with Crippen molar-refractivity contribution in [1.29, 1.82) is 0 Å². The topological polar surface area (TPSA) is 65.1 Å². The summed E-state index contributed by atoms with van der Waals surface area (Å²) in [7, 11) is 1.58. The number of rotatable bonds is 3. The molecule has 22 heavy (non-hydrogen) atoms. The highest BCUT2D eigenvalue weighted by atomic mass is 16.5. The van der Waals surface area contributed by atoms with Gasteiger partial charge in [-0.3, -0.25) is 9.59 Å². The Morgan fingerprint density at radius 2 is 2.18 bits per heavy atom. The van der Waals surface area contributed by atoms with E-state index in [9.17, 15) is 9.59 Å². The molecule has 1 aromatic carbocycles. The van der Waals surface area contributed by atoms with Crippen LogP contribution in [0.25, 0.3) is 0 Å². The SMILES string of the molecule is CCOC(=O)[C@@H]1CN(C(C)=O)[C@H]2c3ccc(OC)cc3O[C@@H]12. The van der Waals surface area contributed by atoms with Crippen molar-refractivity contribution in [3.05, 3.63) is 23.8 Å². The summed E-state index contributed by atoms with van der Waals surface area (Å²) in [6.45, 7) is 3.91. The Balaban J connectivity index is 1.96. The standard InChI is InChI=1S/C16H19NO5/c1-4-21-16(19)12-8-17(9(2)18)14-11-6-5-10(20-3)7-13(11)22-15(12)14/h5-7,12,14-15H,4,8H2,1-3H3/t12-,14+,15+/m1/s1. The van der Waals surface area contributed by atoms with Gasteiger partial charge in [0.05, 0.1) is 19.8 Å². The van der Waals surface area contributed by atoms with Crippen LogP contribution in [0.3, 0.4) is 0 Å². The molecule has 0 radical (unpaired) electrons. The van der Waals surface area contributed by atoms with Gasteiger partial charge in [0.15, 0.2) is 0 Å². The number of hydrogen-bond donors (Lipinski definition) is 0. The third-order valence-electron chi connectivity index (χ3n) is 4.23. The first-order valence-corrected chi connectivity index (χ1v) is 7.35. The van der Waals surface area contributed by atoms with Gasteiger partial charge in [0.25, 0.3) is 0 Å². The largest absolute Gasteiger partial charge is 0.497 e. The fourth-order valence-corrected chi connectivity index (χ4v) is 3.24. The predicted octanol–water partition coefficient (Wildman–Crippen LogP) is 1.54. The van der Waals surface area contributed by atoms with Crippen molar-refractivity contribution in [2.75, 3.05) is 20.3 Å². The number of likely N-dealkylation sites (tertiary alicyclic amines) is 1. The van der Waals surface area contributed by atoms with Crippen LogP contribution in [0.5, 0.6) is 11.5 Å². The van der Waals surface area contributed by atoms with Gasteiger partial charge in [-0.25, -0.2) is 0 Å². The number of hydrogen-bond acceptors (Lipinski definition) is 5. The zero-order valence-electron chi connectivity index (χ0n) is 12.9. The second-order valence-electron chi connectivity index (χ2n) is 5.46. The van der Waals surface area contributed by atoms with Gasteiger partial charge in [-0.1, -0.05) is 0 Å². The molecule has 2 aliphatic rings. The van der Waals surface area contributed by atoms with Crippen LogP contribution >= 0.6 is 0 Å². The monoisotopic (exact) mass is 305 g/mol. The molecule has 2 aliphatic heterocycles. The molecule has 6 heteroatoms. The highest BCUT2D eigenvalue weighted by Crippen LogP contribution is 2.48. The van der Waals surface area contributed by atoms with Crippen molar-refractivity contribution in [3.63, 3.8) is 0 Å². The second kappa shape index (κ2) is 5.51. The van der Waals surface area contributed by atoms with E-state index >= 15 is 0 Å². The van der Waals surface area contributed by atoms with Crippen LogP contribution in [-0.4, -0.2) is 43.1 Å². The Hall–Kier alpha value is -2.24. The molecular formula is C16H19NO5. The van der Waals surface area contributed by atoms with Gasteiger partial charge in [-0.15, -0.1) is 0 Å². The van der Waals surface area contributed by atoms with Gasteiger partial charge < -0.3 is 19.1 Å². The quantitative estimate of drug-likeness (QED) is 0.793. The molecule has 0 bridgehead atoms. The molecular weight excluding hydrogens is 286 g/mol. The molecule has 3 atom stereocenters. The lowest BCUT2D eigenvalue weighted by molar-refractivity contribution is -0.149. The van der Waals surface area contributed by atoms with Crippen LogP contribution in [0, 0.1) is 5.92 Å². The van der Waals surface area contributed by atoms with E-state index in [-0.39, 0.29) is 17.9 Å². The van der Waals surface area contributed by atoms with E-state index in [0.717, 1.165) is 5.56 Å². The predicted molar refractivity (Wildman–Crippen MR) is 77.7 cm³/mol. The molecule has 1 fully saturated rings. The van der Waals surface area contributed by atoms with Crippen LogP contribution in [0.1, 0.15) is 25.5 Å². The molecule has 118 valence electrons. The van der Waals surface area contributed by atoms with Crippen molar-refractivity contribution in [3.8, 4) is 11.5 Å². The number of carbonyl (C=O) groups is 2. The first-order chi connectivity index (χ1) is 10.6. The maximum atomic E-state index is 12.2. The maximum Gasteiger partial charge on any atom is 0.314 e. The molecule has 0 saturated carbocycles. The fourth-order valence-electron chi connectivity index (χ4n) is 3.24. The van der Waals surface area contributed by atoms with Crippen molar-refractivity contribution in [1.82, 2.24) is 4.90 Å². The normalized spacial score (nSPS) is 25.2. The molecule has 0 aromatic heterocycles. The van der Waals surface area contributed by atoms with Crippen molar-refractivity contribution < 1.29 is 23.8 Å². The third-order valence-corrected chi connectivity index (χ3v) is 4.23. The van der Waals surface area contributed by atoms with E-state index in [1.54, 1.807) is 25.0 Å². The number of esters is 1. The molecule has 0 aliphatic carbocycles. The Labute approximate surface area is 128 Å². The Morgan fingerprint density at radius 1 is 1.41 bits per heavy atom. The molecule has 0 spiro atoms. The summed E-state index contributed by atoms with van der Waals surface area (Å²) in [5.41, 5.74) is 0.910. The van der Waals surface area contributed by atoms with Crippen LogP contribution < -0.4 is 9.47 Å². The molecule has 1 saturated heterocycles. The summed E-state index contributed by atoms with van der Waals surface area (Å²) in [5.74, 6) is 0.484. The Morgan fingerprint density at radius 3 is 2.82 bits per heavy atom. The first-order valence-electron chi connectivity index (χ1n) is 7.35. The fraction of sp³-hybridized carbons (Fsp3) is 0.500. The number of nitrogens with zero attached hydrogens (tertiary/aromatic N) is 1. The smallest absolute Gasteiger partial charge is 0.314 e. The first kappa shape index (κ1) is 14.7. The van der Waals surface area contributed by atoms with Crippen molar-refractivity contribution >= 4 is 11.9 Å². The number of amides is 1. The molecule has 0 N–H and O–H groups in total. The van der Waals surface area contributed by atoms with E-state index in [4.69, 9.17) is 14.2 Å².